The molecule has 180 valence electrons. The molecule has 0 bridgehead atoms. The monoisotopic (exact) mass is 469 g/mol. The van der Waals surface area contributed by atoms with Gasteiger partial charge in [-0.15, -0.1) is 0 Å². The Labute approximate surface area is 206 Å². The van der Waals surface area contributed by atoms with Crippen molar-refractivity contribution in [1.29, 1.82) is 0 Å². The molecule has 0 unspecified atom stereocenters. The summed E-state index contributed by atoms with van der Waals surface area (Å²) in [6, 6.07) is 26.1. The second kappa shape index (κ2) is 12.4. The van der Waals surface area contributed by atoms with Crippen molar-refractivity contribution in [3.05, 3.63) is 102 Å². The van der Waals surface area contributed by atoms with Gasteiger partial charge in [-0.2, -0.15) is 10.1 Å². The van der Waals surface area contributed by atoms with Gasteiger partial charge in [0.25, 0.3) is 11.8 Å². The lowest BCUT2D eigenvalue weighted by molar-refractivity contribution is -0.144. The zero-order chi connectivity index (χ0) is 25.2. The lowest BCUT2D eigenvalue weighted by Crippen LogP contribution is -2.36. The van der Waals surface area contributed by atoms with Crippen LogP contribution < -0.4 is 5.32 Å². The van der Waals surface area contributed by atoms with Crippen molar-refractivity contribution in [2.24, 2.45) is 5.10 Å². The number of carbonyl (C=O) groups is 3. The van der Waals surface area contributed by atoms with E-state index in [0.29, 0.717) is 17.3 Å². The lowest BCUT2D eigenvalue weighted by atomic mass is 10.0. The van der Waals surface area contributed by atoms with Gasteiger partial charge in [0.15, 0.2) is 0 Å². The molecule has 3 aromatic rings. The van der Waals surface area contributed by atoms with Crippen LogP contribution in [0.2, 0.25) is 0 Å². The summed E-state index contributed by atoms with van der Waals surface area (Å²) < 4.78 is 0. The topological polar surface area (TPSA) is 78.8 Å². The molecule has 0 heterocycles. The number of imide groups is 1. The standard InChI is InChI=1S/C29H31N3O3/c1-21(2)25-14-16-26(17-15-25)30-27(33)18-22(3)31-32(28(34)19-23-10-6-4-7-11-23)29(35)20-24-12-8-5-9-13-24/h4-17,21H,18-20H2,1-3H3,(H,30,33)/b31-22-. The largest absolute Gasteiger partial charge is 0.326 e. The molecule has 1 N–H and O–H groups in total. The maximum atomic E-state index is 13.0. The first-order valence-corrected chi connectivity index (χ1v) is 11.7. The van der Waals surface area contributed by atoms with Crippen molar-refractivity contribution in [3.63, 3.8) is 0 Å². The number of nitrogens with one attached hydrogen (secondary N) is 1. The molecule has 3 aromatic carbocycles. The van der Waals surface area contributed by atoms with Gasteiger partial charge < -0.3 is 5.32 Å². The predicted molar refractivity (Wildman–Crippen MR) is 139 cm³/mol. The third kappa shape index (κ3) is 8.03. The molecule has 0 aromatic heterocycles. The van der Waals surface area contributed by atoms with E-state index in [4.69, 9.17) is 0 Å². The van der Waals surface area contributed by atoms with Crippen LogP contribution in [0.3, 0.4) is 0 Å². The van der Waals surface area contributed by atoms with Crippen molar-refractivity contribution in [2.75, 3.05) is 5.32 Å². The molecule has 0 aliphatic rings. The highest BCUT2D eigenvalue weighted by atomic mass is 16.2. The Kier molecular flexibility index (Phi) is 9.07. The summed E-state index contributed by atoms with van der Waals surface area (Å²) in [4.78, 5) is 38.6. The van der Waals surface area contributed by atoms with Crippen LogP contribution in [0.15, 0.2) is 90.0 Å². The number of amides is 3. The van der Waals surface area contributed by atoms with Crippen LogP contribution in [-0.2, 0) is 27.2 Å². The molecule has 6 nitrogen and oxygen atoms in total. The van der Waals surface area contributed by atoms with Crippen molar-refractivity contribution in [2.45, 2.75) is 46.0 Å². The summed E-state index contributed by atoms with van der Waals surface area (Å²) in [5.74, 6) is -0.751. The van der Waals surface area contributed by atoms with Crippen LogP contribution >= 0.6 is 0 Å². The number of rotatable bonds is 9. The fourth-order valence-electron chi connectivity index (χ4n) is 3.54. The van der Waals surface area contributed by atoms with E-state index in [1.165, 1.54) is 5.56 Å². The first kappa shape index (κ1) is 25.6. The summed E-state index contributed by atoms with van der Waals surface area (Å²) in [6.45, 7) is 5.86. The number of hydrogen-bond acceptors (Lipinski definition) is 4. The van der Waals surface area contributed by atoms with Crippen LogP contribution in [0.5, 0.6) is 0 Å². The summed E-state index contributed by atoms with van der Waals surface area (Å²) >= 11 is 0. The van der Waals surface area contributed by atoms with Crippen molar-refractivity contribution < 1.29 is 14.4 Å². The first-order chi connectivity index (χ1) is 16.8. The molecule has 0 atom stereocenters. The second-order valence-electron chi connectivity index (χ2n) is 8.76. The van der Waals surface area contributed by atoms with Gasteiger partial charge in [-0.1, -0.05) is 86.6 Å². The first-order valence-electron chi connectivity index (χ1n) is 11.7. The van der Waals surface area contributed by atoms with Gasteiger partial charge in [0, 0.05) is 11.4 Å². The third-order valence-electron chi connectivity index (χ3n) is 5.42. The lowest BCUT2D eigenvalue weighted by Gasteiger charge is -2.17. The minimum absolute atomic E-state index is 0.0343. The average Bonchev–Trinajstić information content (AvgIpc) is 2.84. The zero-order valence-corrected chi connectivity index (χ0v) is 20.4. The Morgan fingerprint density at radius 3 is 1.71 bits per heavy atom. The molecule has 6 heteroatoms. The molecule has 0 aliphatic heterocycles. The van der Waals surface area contributed by atoms with E-state index in [1.54, 1.807) is 6.92 Å². The van der Waals surface area contributed by atoms with Gasteiger partial charge in [0.1, 0.15) is 0 Å². The zero-order valence-electron chi connectivity index (χ0n) is 20.4. The SMILES string of the molecule is C/C(CC(=O)Nc1ccc(C(C)C)cc1)=N/N(C(=O)Cc1ccccc1)C(=O)Cc1ccccc1. The van der Waals surface area contributed by atoms with Gasteiger partial charge >= 0.3 is 0 Å². The van der Waals surface area contributed by atoms with Crippen molar-refractivity contribution >= 4 is 29.1 Å². The second-order valence-corrected chi connectivity index (χ2v) is 8.76. The Bertz CT molecular complexity index is 1120. The normalized spacial score (nSPS) is 11.3. The van der Waals surface area contributed by atoms with Gasteiger partial charge in [-0.05, 0) is 41.7 Å². The highest BCUT2D eigenvalue weighted by Gasteiger charge is 2.22. The molecule has 0 saturated heterocycles. The Balaban J connectivity index is 1.72. The highest BCUT2D eigenvalue weighted by molar-refractivity contribution is 6.06. The molecule has 3 rings (SSSR count). The van der Waals surface area contributed by atoms with E-state index < -0.39 is 11.8 Å². The molecule has 3 amide bonds. The maximum Gasteiger partial charge on any atom is 0.254 e. The molecule has 0 saturated carbocycles. The summed E-state index contributed by atoms with van der Waals surface area (Å²) in [5.41, 5.74) is 3.80. The van der Waals surface area contributed by atoms with Crippen LogP contribution in [0.1, 0.15) is 49.8 Å². The minimum atomic E-state index is -0.443. The number of carbonyl (C=O) groups excluding carboxylic acids is 3. The summed E-state index contributed by atoms with van der Waals surface area (Å²) in [7, 11) is 0. The average molecular weight is 470 g/mol. The number of hydrazone groups is 1. The Morgan fingerprint density at radius 2 is 1.26 bits per heavy atom. The van der Waals surface area contributed by atoms with E-state index in [-0.39, 0.29) is 25.2 Å². The molecular formula is C29H31N3O3. The van der Waals surface area contributed by atoms with Gasteiger partial charge in [0.05, 0.1) is 19.3 Å². The fourth-order valence-corrected chi connectivity index (χ4v) is 3.54. The Hall–Kier alpha value is -4.06. The molecule has 0 aliphatic carbocycles. The van der Waals surface area contributed by atoms with Crippen molar-refractivity contribution in [3.8, 4) is 0 Å². The smallest absolute Gasteiger partial charge is 0.254 e. The number of nitrogens with zero attached hydrogens (tertiary/aromatic N) is 2. The van der Waals surface area contributed by atoms with E-state index in [9.17, 15) is 14.4 Å². The molecular weight excluding hydrogens is 438 g/mol. The Morgan fingerprint density at radius 1 is 0.771 bits per heavy atom. The highest BCUT2D eigenvalue weighted by Crippen LogP contribution is 2.17. The van der Waals surface area contributed by atoms with E-state index in [2.05, 4.69) is 24.3 Å². The molecule has 0 fully saturated rings. The van der Waals surface area contributed by atoms with Crippen LogP contribution in [0, 0.1) is 0 Å². The van der Waals surface area contributed by atoms with Gasteiger partial charge in [-0.3, -0.25) is 14.4 Å². The van der Waals surface area contributed by atoms with Crippen LogP contribution in [0.25, 0.3) is 0 Å². The molecule has 0 spiro atoms. The number of benzene rings is 3. The summed E-state index contributed by atoms with van der Waals surface area (Å²) in [6.07, 6.45) is 0.0265. The molecule has 0 radical (unpaired) electrons. The van der Waals surface area contributed by atoms with Gasteiger partial charge in [-0.25, -0.2) is 0 Å². The quantitative estimate of drug-likeness (QED) is 0.339. The van der Waals surface area contributed by atoms with Gasteiger partial charge in [0.2, 0.25) is 5.91 Å². The number of hydrogen-bond donors (Lipinski definition) is 1. The van der Waals surface area contributed by atoms with E-state index in [1.807, 2.05) is 84.9 Å². The van der Waals surface area contributed by atoms with E-state index in [0.717, 1.165) is 16.1 Å². The van der Waals surface area contributed by atoms with Crippen molar-refractivity contribution in [1.82, 2.24) is 5.01 Å². The summed E-state index contributed by atoms with van der Waals surface area (Å²) in [5, 5.41) is 8.02. The maximum absolute atomic E-state index is 13.0. The third-order valence-corrected chi connectivity index (χ3v) is 5.42. The predicted octanol–water partition coefficient (Wildman–Crippen LogP) is 5.36. The van der Waals surface area contributed by atoms with E-state index >= 15 is 0 Å². The minimum Gasteiger partial charge on any atom is -0.326 e. The fraction of sp³-hybridized carbons (Fsp3) is 0.241. The van der Waals surface area contributed by atoms with Crippen LogP contribution in [0.4, 0.5) is 5.69 Å². The van der Waals surface area contributed by atoms with Crippen LogP contribution in [-0.4, -0.2) is 28.4 Å². The number of anilines is 1. The molecule has 35 heavy (non-hydrogen) atoms.